The number of esters is 1. The Balaban J connectivity index is 2.94. The van der Waals surface area contributed by atoms with Crippen molar-refractivity contribution in [2.75, 3.05) is 25.1 Å². The Morgan fingerprint density at radius 2 is 2.21 bits per heavy atom. The van der Waals surface area contributed by atoms with Crippen LogP contribution in [0.5, 0.6) is 0 Å². The number of carbonyl (C=O) groups is 2. The molecule has 1 amide bonds. The van der Waals surface area contributed by atoms with Crippen LogP contribution in [-0.2, 0) is 9.53 Å². The predicted octanol–water partition coefficient (Wildman–Crippen LogP) is 0.960. The fourth-order valence-corrected chi connectivity index (χ4v) is 1.65. The summed E-state index contributed by atoms with van der Waals surface area (Å²) in [5.41, 5.74) is 5.63. The van der Waals surface area contributed by atoms with Gasteiger partial charge in [0.25, 0.3) is 0 Å². The molecule has 0 saturated heterocycles. The number of nitrogens with two attached hydrogens (primary N) is 1. The number of unbranched alkanes of at least 4 members (excludes halogenated alkanes) is 1. The van der Waals surface area contributed by atoms with Gasteiger partial charge in [-0.25, -0.2) is 9.78 Å². The second-order valence-electron chi connectivity index (χ2n) is 4.14. The molecule has 0 aliphatic heterocycles. The van der Waals surface area contributed by atoms with E-state index in [2.05, 4.69) is 16.6 Å². The van der Waals surface area contributed by atoms with Crippen LogP contribution in [0.3, 0.4) is 0 Å². The molecule has 6 nitrogen and oxygen atoms in total. The number of hydrogen-bond donors (Lipinski definition) is 1. The van der Waals surface area contributed by atoms with Gasteiger partial charge in [0.15, 0.2) is 0 Å². The van der Waals surface area contributed by atoms with Crippen LogP contribution in [0, 0.1) is 0 Å². The third-order valence-corrected chi connectivity index (χ3v) is 2.62. The van der Waals surface area contributed by atoms with Gasteiger partial charge in [-0.2, -0.15) is 0 Å². The average molecular weight is 265 g/mol. The van der Waals surface area contributed by atoms with E-state index >= 15 is 0 Å². The van der Waals surface area contributed by atoms with Gasteiger partial charge in [-0.1, -0.05) is 13.3 Å². The Morgan fingerprint density at radius 3 is 2.79 bits per heavy atom. The lowest BCUT2D eigenvalue weighted by Crippen LogP contribution is -2.35. The molecule has 0 aliphatic rings. The number of aromatic nitrogens is 1. The number of amides is 1. The highest BCUT2D eigenvalue weighted by Gasteiger charge is 2.13. The molecule has 0 spiro atoms. The molecule has 0 saturated carbocycles. The Hall–Kier alpha value is -2.11. The lowest BCUT2D eigenvalue weighted by atomic mass is 10.2. The zero-order chi connectivity index (χ0) is 14.3. The van der Waals surface area contributed by atoms with Crippen molar-refractivity contribution in [2.24, 2.45) is 5.73 Å². The zero-order valence-corrected chi connectivity index (χ0v) is 11.3. The number of hydrogen-bond acceptors (Lipinski definition) is 5. The first-order valence-corrected chi connectivity index (χ1v) is 6.16. The smallest absolute Gasteiger partial charge is 0.338 e. The van der Waals surface area contributed by atoms with E-state index < -0.39 is 11.9 Å². The van der Waals surface area contributed by atoms with Crippen LogP contribution < -0.4 is 10.6 Å². The lowest BCUT2D eigenvalue weighted by molar-refractivity contribution is -0.116. The molecule has 19 heavy (non-hydrogen) atoms. The Kier molecular flexibility index (Phi) is 5.78. The van der Waals surface area contributed by atoms with E-state index in [1.54, 1.807) is 17.0 Å². The van der Waals surface area contributed by atoms with Crippen LogP contribution in [0.2, 0.25) is 0 Å². The molecular formula is C13H19N3O3. The molecule has 0 aromatic carbocycles. The topological polar surface area (TPSA) is 85.5 Å². The maximum atomic E-state index is 11.5. The highest BCUT2D eigenvalue weighted by Crippen LogP contribution is 2.14. The van der Waals surface area contributed by atoms with Crippen LogP contribution in [0.1, 0.15) is 30.1 Å². The number of ether oxygens (including phenoxy) is 1. The predicted molar refractivity (Wildman–Crippen MR) is 71.9 cm³/mol. The highest BCUT2D eigenvalue weighted by atomic mass is 16.5. The molecule has 0 unspecified atom stereocenters. The van der Waals surface area contributed by atoms with Gasteiger partial charge in [0, 0.05) is 12.7 Å². The summed E-state index contributed by atoms with van der Waals surface area (Å²) in [4.78, 5) is 28.5. The van der Waals surface area contributed by atoms with Crippen molar-refractivity contribution in [1.82, 2.24) is 4.98 Å². The fourth-order valence-electron chi connectivity index (χ4n) is 1.65. The second kappa shape index (κ2) is 7.35. The minimum atomic E-state index is -0.432. The van der Waals surface area contributed by atoms with Crippen molar-refractivity contribution in [2.45, 2.75) is 19.8 Å². The molecule has 1 heterocycles. The molecule has 0 radical (unpaired) electrons. The number of methoxy groups -OCH3 is 1. The van der Waals surface area contributed by atoms with Gasteiger partial charge in [-0.3, -0.25) is 4.79 Å². The Labute approximate surface area is 112 Å². The van der Waals surface area contributed by atoms with Gasteiger partial charge in [-0.05, 0) is 18.6 Å². The third-order valence-electron chi connectivity index (χ3n) is 2.62. The Morgan fingerprint density at radius 1 is 1.47 bits per heavy atom. The summed E-state index contributed by atoms with van der Waals surface area (Å²) in [5, 5.41) is 0. The lowest BCUT2D eigenvalue weighted by Gasteiger charge is -2.22. The Bertz CT molecular complexity index is 449. The van der Waals surface area contributed by atoms with E-state index in [0.717, 1.165) is 12.8 Å². The summed E-state index contributed by atoms with van der Waals surface area (Å²) in [6.07, 6.45) is 3.42. The van der Waals surface area contributed by atoms with E-state index in [9.17, 15) is 9.59 Å². The summed E-state index contributed by atoms with van der Waals surface area (Å²) < 4.78 is 4.66. The van der Waals surface area contributed by atoms with Gasteiger partial charge >= 0.3 is 5.97 Å². The molecule has 1 aromatic heterocycles. The summed E-state index contributed by atoms with van der Waals surface area (Å²) >= 11 is 0. The van der Waals surface area contributed by atoms with Gasteiger partial charge < -0.3 is 15.4 Å². The minimum Gasteiger partial charge on any atom is -0.465 e. The van der Waals surface area contributed by atoms with Crippen molar-refractivity contribution in [3.8, 4) is 0 Å². The number of primary amides is 1. The van der Waals surface area contributed by atoms with Crippen LogP contribution in [0.25, 0.3) is 0 Å². The first-order valence-electron chi connectivity index (χ1n) is 6.16. The van der Waals surface area contributed by atoms with Crippen LogP contribution in [0.4, 0.5) is 5.82 Å². The van der Waals surface area contributed by atoms with Gasteiger partial charge in [-0.15, -0.1) is 0 Å². The van der Waals surface area contributed by atoms with Gasteiger partial charge in [0.05, 0.1) is 19.2 Å². The van der Waals surface area contributed by atoms with E-state index in [0.29, 0.717) is 17.9 Å². The van der Waals surface area contributed by atoms with Crippen molar-refractivity contribution >= 4 is 17.7 Å². The highest BCUT2D eigenvalue weighted by molar-refractivity contribution is 5.90. The largest absolute Gasteiger partial charge is 0.465 e. The van der Waals surface area contributed by atoms with E-state index in [1.165, 1.54) is 13.3 Å². The molecular weight excluding hydrogens is 246 g/mol. The third kappa shape index (κ3) is 4.57. The van der Waals surface area contributed by atoms with Gasteiger partial charge in [0.2, 0.25) is 5.91 Å². The molecule has 0 fully saturated rings. The minimum absolute atomic E-state index is 0.0810. The monoisotopic (exact) mass is 265 g/mol. The standard InChI is InChI=1S/C13H19N3O3/c1-3-4-7-16(9-11(14)17)12-8-10(5-6-15-12)13(18)19-2/h5-6,8H,3-4,7,9H2,1-2H3,(H2,14,17). The molecule has 0 aliphatic carbocycles. The summed E-state index contributed by atoms with van der Waals surface area (Å²) in [6.45, 7) is 2.80. The van der Waals surface area contributed by atoms with E-state index in [-0.39, 0.29) is 6.54 Å². The van der Waals surface area contributed by atoms with E-state index in [4.69, 9.17) is 5.73 Å². The summed E-state index contributed by atoms with van der Waals surface area (Å²) in [7, 11) is 1.32. The van der Waals surface area contributed by atoms with Crippen LogP contribution in [0.15, 0.2) is 18.3 Å². The number of rotatable bonds is 7. The summed E-state index contributed by atoms with van der Waals surface area (Å²) in [5.74, 6) is -0.310. The number of pyridine rings is 1. The fraction of sp³-hybridized carbons (Fsp3) is 0.462. The van der Waals surface area contributed by atoms with Crippen molar-refractivity contribution in [1.29, 1.82) is 0 Å². The van der Waals surface area contributed by atoms with Crippen molar-refractivity contribution in [3.05, 3.63) is 23.9 Å². The molecule has 2 N–H and O–H groups in total. The van der Waals surface area contributed by atoms with Crippen molar-refractivity contribution < 1.29 is 14.3 Å². The maximum Gasteiger partial charge on any atom is 0.338 e. The number of anilines is 1. The van der Waals surface area contributed by atoms with Crippen LogP contribution >= 0.6 is 0 Å². The molecule has 1 aromatic rings. The molecule has 0 bridgehead atoms. The molecule has 0 atom stereocenters. The van der Waals surface area contributed by atoms with E-state index in [1.807, 2.05) is 0 Å². The summed E-state index contributed by atoms with van der Waals surface area (Å²) in [6, 6.07) is 3.17. The maximum absolute atomic E-state index is 11.5. The quantitative estimate of drug-likeness (QED) is 0.742. The normalized spacial score (nSPS) is 10.0. The van der Waals surface area contributed by atoms with Crippen molar-refractivity contribution in [3.63, 3.8) is 0 Å². The molecule has 6 heteroatoms. The number of nitrogens with zero attached hydrogens (tertiary/aromatic N) is 2. The van der Waals surface area contributed by atoms with Gasteiger partial charge in [0.1, 0.15) is 5.82 Å². The van der Waals surface area contributed by atoms with Crippen LogP contribution in [-0.4, -0.2) is 37.1 Å². The SMILES string of the molecule is CCCCN(CC(N)=O)c1cc(C(=O)OC)ccn1. The molecule has 104 valence electrons. The molecule has 1 rings (SSSR count). The first-order chi connectivity index (χ1) is 9.08. The number of carbonyl (C=O) groups excluding carboxylic acids is 2. The average Bonchev–Trinajstić information content (AvgIpc) is 2.42. The first kappa shape index (κ1) is 14.9. The second-order valence-corrected chi connectivity index (χ2v) is 4.14. The zero-order valence-electron chi connectivity index (χ0n) is 11.3.